The Hall–Kier alpha value is -3.25. The zero-order valence-electron chi connectivity index (χ0n) is 17.8. The van der Waals surface area contributed by atoms with E-state index in [2.05, 4.69) is 10.3 Å². The summed E-state index contributed by atoms with van der Waals surface area (Å²) in [5, 5.41) is 2.58. The summed E-state index contributed by atoms with van der Waals surface area (Å²) in [5.74, 6) is -1.63. The molecule has 1 aliphatic heterocycles. The van der Waals surface area contributed by atoms with E-state index in [4.69, 9.17) is 0 Å². The van der Waals surface area contributed by atoms with Crippen LogP contribution >= 0.6 is 0 Å². The van der Waals surface area contributed by atoms with E-state index >= 15 is 0 Å². The summed E-state index contributed by atoms with van der Waals surface area (Å²) >= 11 is 0. The van der Waals surface area contributed by atoms with Crippen LogP contribution in [0.1, 0.15) is 27.4 Å². The lowest BCUT2D eigenvalue weighted by Crippen LogP contribution is -2.40. The number of nitrogens with zero attached hydrogens (tertiary/aromatic N) is 3. The molecule has 7 nitrogen and oxygen atoms in total. The first-order valence-electron chi connectivity index (χ1n) is 10.2. The summed E-state index contributed by atoms with van der Waals surface area (Å²) in [6.07, 6.45) is -1.82. The van der Waals surface area contributed by atoms with Gasteiger partial charge in [-0.3, -0.25) is 4.79 Å². The second kappa shape index (κ2) is 8.84. The molecule has 1 saturated heterocycles. The Bertz CT molecular complexity index is 1290. The van der Waals surface area contributed by atoms with Gasteiger partial charge in [0.05, 0.1) is 17.9 Å². The number of amides is 1. The Morgan fingerprint density at radius 2 is 1.71 bits per heavy atom. The third-order valence-electron chi connectivity index (χ3n) is 5.66. The van der Waals surface area contributed by atoms with Gasteiger partial charge < -0.3 is 9.88 Å². The molecule has 34 heavy (non-hydrogen) atoms. The topological polar surface area (TPSA) is 84.3 Å². The van der Waals surface area contributed by atoms with Crippen molar-refractivity contribution in [1.29, 1.82) is 0 Å². The van der Waals surface area contributed by atoms with Gasteiger partial charge in [0.25, 0.3) is 15.9 Å². The van der Waals surface area contributed by atoms with E-state index in [9.17, 15) is 30.8 Å². The van der Waals surface area contributed by atoms with Crippen LogP contribution in [0.2, 0.25) is 0 Å². The normalized spacial score (nSPS) is 19.3. The number of carbonyl (C=O) groups excluding carboxylic acids is 1. The summed E-state index contributed by atoms with van der Waals surface area (Å²) < 4.78 is 80.7. The zero-order chi connectivity index (χ0) is 24.7. The number of aromatic nitrogens is 2. The van der Waals surface area contributed by atoms with Gasteiger partial charge in [0.2, 0.25) is 0 Å². The molecule has 1 aliphatic rings. The number of aryl methyl sites for hydroxylation is 1. The maximum atomic E-state index is 13.4. The molecular formula is C22H20F4N4O3S. The molecule has 0 aliphatic carbocycles. The van der Waals surface area contributed by atoms with Crippen molar-refractivity contribution in [1.82, 2.24) is 19.2 Å². The van der Waals surface area contributed by atoms with Crippen LogP contribution in [0.4, 0.5) is 17.6 Å². The lowest BCUT2D eigenvalue weighted by atomic mass is 9.94. The van der Waals surface area contributed by atoms with Crippen LogP contribution in [0.25, 0.3) is 0 Å². The molecule has 0 bridgehead atoms. The van der Waals surface area contributed by atoms with Crippen molar-refractivity contribution in [2.45, 2.75) is 23.2 Å². The Morgan fingerprint density at radius 1 is 1.06 bits per heavy atom. The molecule has 0 radical (unpaired) electrons. The molecule has 2 heterocycles. The second-order valence-corrected chi connectivity index (χ2v) is 9.90. The molecule has 0 saturated carbocycles. The molecule has 2 atom stereocenters. The molecule has 2 aromatic carbocycles. The minimum absolute atomic E-state index is 0.00248. The van der Waals surface area contributed by atoms with Crippen LogP contribution in [0, 0.1) is 5.82 Å². The Balaban J connectivity index is 1.60. The average molecular weight is 496 g/mol. The molecular weight excluding hydrogens is 476 g/mol. The smallest absolute Gasteiger partial charge is 0.347 e. The lowest BCUT2D eigenvalue weighted by molar-refractivity contribution is -0.137. The summed E-state index contributed by atoms with van der Waals surface area (Å²) in [4.78, 5) is 16.7. The molecule has 3 aromatic rings. The number of benzene rings is 2. The highest BCUT2D eigenvalue weighted by Gasteiger charge is 2.41. The van der Waals surface area contributed by atoms with E-state index in [0.29, 0.717) is 5.56 Å². The third-order valence-corrected chi connectivity index (χ3v) is 7.38. The van der Waals surface area contributed by atoms with Gasteiger partial charge in [-0.25, -0.2) is 17.8 Å². The molecule has 1 aromatic heterocycles. The van der Waals surface area contributed by atoms with Crippen molar-refractivity contribution in [2.75, 3.05) is 13.1 Å². The number of hydrogen-bond acceptors (Lipinski definition) is 4. The number of carbonyl (C=O) groups is 1. The first-order valence-corrected chi connectivity index (χ1v) is 11.6. The minimum atomic E-state index is -4.53. The van der Waals surface area contributed by atoms with E-state index in [1.54, 1.807) is 7.05 Å². The van der Waals surface area contributed by atoms with Gasteiger partial charge in [-0.2, -0.15) is 17.5 Å². The summed E-state index contributed by atoms with van der Waals surface area (Å²) in [5.41, 5.74) is -0.281. The van der Waals surface area contributed by atoms with Gasteiger partial charge in [-0.15, -0.1) is 0 Å². The monoisotopic (exact) mass is 496 g/mol. The number of rotatable bonds is 5. The van der Waals surface area contributed by atoms with Crippen molar-refractivity contribution in [3.63, 3.8) is 0 Å². The zero-order valence-corrected chi connectivity index (χ0v) is 18.6. The van der Waals surface area contributed by atoms with Crippen LogP contribution in [0.3, 0.4) is 0 Å². The average Bonchev–Trinajstić information content (AvgIpc) is 3.41. The van der Waals surface area contributed by atoms with Gasteiger partial charge in [0.15, 0.2) is 5.03 Å². The molecule has 180 valence electrons. The van der Waals surface area contributed by atoms with Crippen LogP contribution in [-0.4, -0.2) is 47.3 Å². The quantitative estimate of drug-likeness (QED) is 0.550. The SMILES string of the molecule is Cn1cnc(S(=O)(=O)N2C[C@H](NC(=O)c3ccc(C(F)(F)F)cc3)[C@@H](c3ccc(F)cc3)C2)c1. The van der Waals surface area contributed by atoms with E-state index < -0.39 is 45.4 Å². The largest absolute Gasteiger partial charge is 0.416 e. The maximum absolute atomic E-state index is 13.4. The number of nitrogens with one attached hydrogen (secondary N) is 1. The standard InChI is InChI=1S/C22H20F4N4O3S/c1-29-12-20(27-13-29)34(32,33)30-10-18(14-4-8-17(23)9-5-14)19(11-30)28-21(31)15-2-6-16(7-3-15)22(24,25)26/h2-9,12-13,18-19H,10-11H2,1H3,(H,28,31)/t18-,19+/m1/s1. The number of hydrogen-bond donors (Lipinski definition) is 1. The van der Waals surface area contributed by atoms with Crippen molar-refractivity contribution in [3.05, 3.63) is 83.6 Å². The molecule has 1 fully saturated rings. The summed E-state index contributed by atoms with van der Waals surface area (Å²) in [7, 11) is -2.34. The third kappa shape index (κ3) is 4.82. The van der Waals surface area contributed by atoms with E-state index in [-0.39, 0.29) is 23.7 Å². The van der Waals surface area contributed by atoms with Crippen molar-refractivity contribution in [2.24, 2.45) is 7.05 Å². The number of halogens is 4. The predicted molar refractivity (Wildman–Crippen MR) is 114 cm³/mol. The van der Waals surface area contributed by atoms with Crippen molar-refractivity contribution >= 4 is 15.9 Å². The molecule has 0 spiro atoms. The van der Waals surface area contributed by atoms with Crippen molar-refractivity contribution in [3.8, 4) is 0 Å². The van der Waals surface area contributed by atoms with Crippen LogP contribution in [0.5, 0.6) is 0 Å². The number of sulfonamides is 1. The highest BCUT2D eigenvalue weighted by atomic mass is 32.2. The Kier molecular flexibility index (Phi) is 6.21. The number of imidazole rings is 1. The predicted octanol–water partition coefficient (Wildman–Crippen LogP) is 3.16. The van der Waals surface area contributed by atoms with E-state index in [1.807, 2.05) is 0 Å². The fraction of sp³-hybridized carbons (Fsp3) is 0.273. The van der Waals surface area contributed by atoms with E-state index in [0.717, 1.165) is 24.3 Å². The van der Waals surface area contributed by atoms with Crippen molar-refractivity contribution < 1.29 is 30.8 Å². The van der Waals surface area contributed by atoms with Gasteiger partial charge in [-0.1, -0.05) is 12.1 Å². The summed E-state index contributed by atoms with van der Waals surface area (Å²) in [6.45, 7) is -0.0875. The van der Waals surface area contributed by atoms with Gasteiger partial charge >= 0.3 is 6.18 Å². The Labute approximate surface area is 193 Å². The highest BCUT2D eigenvalue weighted by molar-refractivity contribution is 7.89. The molecule has 12 heteroatoms. The van der Waals surface area contributed by atoms with Crippen LogP contribution in [0.15, 0.2) is 66.1 Å². The van der Waals surface area contributed by atoms with Gasteiger partial charge in [0.1, 0.15) is 5.82 Å². The number of alkyl halides is 3. The Morgan fingerprint density at radius 3 is 2.26 bits per heavy atom. The first-order chi connectivity index (χ1) is 15.9. The van der Waals surface area contributed by atoms with E-state index in [1.165, 1.54) is 45.7 Å². The van der Waals surface area contributed by atoms with Gasteiger partial charge in [0, 0.05) is 37.8 Å². The highest BCUT2D eigenvalue weighted by Crippen LogP contribution is 2.32. The molecule has 4 rings (SSSR count). The maximum Gasteiger partial charge on any atom is 0.416 e. The molecule has 1 amide bonds. The van der Waals surface area contributed by atoms with Gasteiger partial charge in [-0.05, 0) is 42.0 Å². The second-order valence-electron chi connectivity index (χ2n) is 8.01. The van der Waals surface area contributed by atoms with Crippen LogP contribution < -0.4 is 5.32 Å². The van der Waals surface area contributed by atoms with Crippen LogP contribution in [-0.2, 0) is 23.2 Å². The summed E-state index contributed by atoms with van der Waals surface area (Å²) in [6, 6.07) is 8.50. The fourth-order valence-electron chi connectivity index (χ4n) is 3.87. The molecule has 0 unspecified atom stereocenters. The minimum Gasteiger partial charge on any atom is -0.347 e. The fourth-order valence-corrected chi connectivity index (χ4v) is 5.33. The molecule has 1 N–H and O–H groups in total. The lowest BCUT2D eigenvalue weighted by Gasteiger charge is -2.20. The first kappa shape index (κ1) is 23.9.